The minimum atomic E-state index is -0.343. The van der Waals surface area contributed by atoms with Crippen LogP contribution in [0.5, 0.6) is 0 Å². The molecule has 0 spiro atoms. The molecule has 0 N–H and O–H groups in total. The summed E-state index contributed by atoms with van der Waals surface area (Å²) in [6, 6.07) is 146. The Morgan fingerprint density at radius 2 is 0.565 bits per heavy atom. The first-order valence-corrected chi connectivity index (χ1v) is 37.2. The second-order valence-electron chi connectivity index (χ2n) is 28.5. The molecule has 2 aliphatic rings. The highest BCUT2D eigenvalue weighted by atomic mass is 16.3. The molecule has 0 bridgehead atoms. The quantitative estimate of drug-likeness (QED) is 0.121. The van der Waals surface area contributed by atoms with Crippen LogP contribution in [0.25, 0.3) is 155 Å². The van der Waals surface area contributed by atoms with Crippen molar-refractivity contribution in [2.75, 3.05) is 9.80 Å². The van der Waals surface area contributed by atoms with E-state index in [-0.39, 0.29) is 6.71 Å². The number of nitrogens with zero attached hydrogens (tertiary/aromatic N) is 4. The lowest BCUT2D eigenvalue weighted by Gasteiger charge is -2.46. The van der Waals surface area contributed by atoms with Crippen molar-refractivity contribution >= 4 is 123 Å². The van der Waals surface area contributed by atoms with Crippen LogP contribution in [0.4, 0.5) is 34.1 Å². The minimum absolute atomic E-state index is 0.343. The van der Waals surface area contributed by atoms with Gasteiger partial charge in [0.05, 0.1) is 33.4 Å². The Balaban J connectivity index is 0.911. The number of rotatable bonds is 11. The summed E-state index contributed by atoms with van der Waals surface area (Å²) in [5.74, 6) is 0. The standard InChI is InChI=1S/C102H65BN4O/c1-7-29-66(30-8-1)78-46-25-47-79(67-31-9-2-10-32-67)101(78)106-90-58-55-71(76-44-27-52-92-98(76)83-42-19-22-50-88(83)104(92)74-37-15-5-16-38-74)62-86(90)103-87-63-72(77-45-28-53-93-99(77)84-43-20-23-51-89(84)105(93)75-39-17-6-18-40-75)56-59-91(87)107(102-80(68-33-11-3-12-34-68)48-26-49-81(102)69-35-13-4-14-36-69)95-65-73(64-94(106)100(95)103)70-57-60-97-85(61-70)82-41-21-24-54-96(82)108-97/h1-65H. The Morgan fingerprint density at radius 1 is 0.213 bits per heavy atom. The highest BCUT2D eigenvalue weighted by Crippen LogP contribution is 2.55. The van der Waals surface area contributed by atoms with E-state index >= 15 is 0 Å². The Kier molecular flexibility index (Phi) is 14.0. The fraction of sp³-hybridized carbons (Fsp3) is 0. The third-order valence-corrected chi connectivity index (χ3v) is 22.7. The number of aromatic nitrogens is 2. The zero-order chi connectivity index (χ0) is 70.9. The van der Waals surface area contributed by atoms with Crippen molar-refractivity contribution in [1.82, 2.24) is 9.13 Å². The van der Waals surface area contributed by atoms with Crippen molar-refractivity contribution in [1.29, 1.82) is 0 Å². The lowest BCUT2D eigenvalue weighted by atomic mass is 9.33. The average Bonchev–Trinajstić information content (AvgIpc) is 0.920. The number of anilines is 6. The first-order chi connectivity index (χ1) is 53.6. The summed E-state index contributed by atoms with van der Waals surface area (Å²) in [7, 11) is 0. The second kappa shape index (κ2) is 24.7. The van der Waals surface area contributed by atoms with Crippen LogP contribution in [0, 0.1) is 0 Å². The van der Waals surface area contributed by atoms with Crippen molar-refractivity contribution in [3.05, 3.63) is 394 Å². The monoisotopic (exact) mass is 1370 g/mol. The van der Waals surface area contributed by atoms with Gasteiger partial charge in [-0.25, -0.2) is 0 Å². The number of hydrogen-bond acceptors (Lipinski definition) is 3. The van der Waals surface area contributed by atoms with Gasteiger partial charge >= 0.3 is 0 Å². The fourth-order valence-electron chi connectivity index (χ4n) is 18.1. The topological polar surface area (TPSA) is 29.5 Å². The first kappa shape index (κ1) is 61.3. The Labute approximate surface area is 625 Å². The SMILES string of the molecule is c1ccc(-c2cccc(-c3ccccc3)c2N2c3ccc(-c4cccc5c4c4ccccc4n5-c4ccccc4)cc3B3c4cc(-c5cccc6c5c5ccccc5n6-c5ccccc5)ccc4N(c4c(-c5ccccc5)cccc4-c4ccccc4)c4cc(-c5ccc6oc7ccccc7c6c5)cc2c43)cc1. The van der Waals surface area contributed by atoms with E-state index in [9.17, 15) is 0 Å². The van der Waals surface area contributed by atoms with Gasteiger partial charge < -0.3 is 23.4 Å². The number of hydrogen-bond donors (Lipinski definition) is 0. The van der Waals surface area contributed by atoms with E-state index in [1.165, 1.54) is 49.1 Å². The van der Waals surface area contributed by atoms with Crippen LogP contribution in [0.2, 0.25) is 0 Å². The molecule has 5 heterocycles. The van der Waals surface area contributed by atoms with Gasteiger partial charge in [-0.05, 0) is 163 Å². The van der Waals surface area contributed by atoms with Crippen LogP contribution in [0.15, 0.2) is 399 Å². The van der Waals surface area contributed by atoms with Gasteiger partial charge in [0, 0.05) is 88.7 Å². The molecular formula is C102H65BN4O. The van der Waals surface area contributed by atoms with E-state index in [0.717, 1.165) is 156 Å². The van der Waals surface area contributed by atoms with Crippen LogP contribution in [-0.4, -0.2) is 15.8 Å². The van der Waals surface area contributed by atoms with Gasteiger partial charge in [-0.3, -0.25) is 0 Å². The highest BCUT2D eigenvalue weighted by molar-refractivity contribution is 7.00. The summed E-state index contributed by atoms with van der Waals surface area (Å²) >= 11 is 0. The third kappa shape index (κ3) is 9.53. The van der Waals surface area contributed by atoms with Crippen molar-refractivity contribution in [2.45, 2.75) is 0 Å². The maximum absolute atomic E-state index is 6.65. The minimum Gasteiger partial charge on any atom is -0.456 e. The molecule has 0 atom stereocenters. The molecule has 0 unspecified atom stereocenters. The lowest BCUT2D eigenvalue weighted by Crippen LogP contribution is -2.61. The van der Waals surface area contributed by atoms with E-state index < -0.39 is 0 Å². The Morgan fingerprint density at radius 3 is 1.01 bits per heavy atom. The van der Waals surface area contributed by atoms with Crippen LogP contribution < -0.4 is 26.2 Å². The van der Waals surface area contributed by atoms with Gasteiger partial charge in [-0.2, -0.15) is 0 Å². The molecule has 6 heteroatoms. The Bertz CT molecular complexity index is 6510. The summed E-state index contributed by atoms with van der Waals surface area (Å²) < 4.78 is 11.5. The number of para-hydroxylation sites is 7. The van der Waals surface area contributed by atoms with Gasteiger partial charge in [-0.15, -0.1) is 0 Å². The molecule has 502 valence electrons. The van der Waals surface area contributed by atoms with Gasteiger partial charge in [-0.1, -0.05) is 303 Å². The van der Waals surface area contributed by atoms with Crippen molar-refractivity contribution in [3.8, 4) is 89.3 Å². The molecule has 0 fully saturated rings. The van der Waals surface area contributed by atoms with E-state index in [2.05, 4.69) is 413 Å². The molecule has 0 aliphatic carbocycles. The summed E-state index contributed by atoms with van der Waals surface area (Å²) in [5, 5.41) is 6.99. The molecule has 2 aliphatic heterocycles. The molecule has 3 aromatic heterocycles. The number of furan rings is 1. The largest absolute Gasteiger partial charge is 0.456 e. The molecular weight excluding hydrogens is 1310 g/mol. The van der Waals surface area contributed by atoms with Gasteiger partial charge in [0.15, 0.2) is 0 Å². The third-order valence-electron chi connectivity index (χ3n) is 22.7. The highest BCUT2D eigenvalue weighted by Gasteiger charge is 2.46. The maximum Gasteiger partial charge on any atom is 0.252 e. The molecule has 0 saturated heterocycles. The molecule has 0 radical (unpaired) electrons. The molecule has 108 heavy (non-hydrogen) atoms. The predicted molar refractivity (Wildman–Crippen MR) is 454 cm³/mol. The van der Waals surface area contributed by atoms with Crippen LogP contribution >= 0.6 is 0 Å². The summed E-state index contributed by atoms with van der Waals surface area (Å²) in [6.45, 7) is -0.343. The normalized spacial score (nSPS) is 12.4. The molecule has 5 nitrogen and oxygen atoms in total. The number of benzene rings is 17. The molecule has 17 aromatic carbocycles. The molecule has 20 aromatic rings. The smallest absolute Gasteiger partial charge is 0.252 e. The zero-order valence-electron chi connectivity index (χ0n) is 58.8. The average molecular weight is 1370 g/mol. The van der Waals surface area contributed by atoms with Gasteiger partial charge in [0.2, 0.25) is 0 Å². The number of fused-ring (bicyclic) bond motifs is 13. The van der Waals surface area contributed by atoms with Gasteiger partial charge in [0.1, 0.15) is 11.2 Å². The van der Waals surface area contributed by atoms with Crippen molar-refractivity contribution in [2.24, 2.45) is 0 Å². The van der Waals surface area contributed by atoms with Gasteiger partial charge in [0.25, 0.3) is 6.71 Å². The zero-order valence-corrected chi connectivity index (χ0v) is 58.8. The van der Waals surface area contributed by atoms with Crippen molar-refractivity contribution < 1.29 is 4.42 Å². The second-order valence-corrected chi connectivity index (χ2v) is 28.5. The van der Waals surface area contributed by atoms with Crippen LogP contribution in [0.1, 0.15) is 0 Å². The lowest BCUT2D eigenvalue weighted by molar-refractivity contribution is 0.669. The van der Waals surface area contributed by atoms with Crippen LogP contribution in [0.3, 0.4) is 0 Å². The maximum atomic E-state index is 6.65. The fourth-order valence-corrected chi connectivity index (χ4v) is 18.1. The van der Waals surface area contributed by atoms with Crippen LogP contribution in [-0.2, 0) is 0 Å². The summed E-state index contributed by atoms with van der Waals surface area (Å²) in [4.78, 5) is 5.34. The summed E-state index contributed by atoms with van der Waals surface area (Å²) in [5.41, 5.74) is 34.5. The summed E-state index contributed by atoms with van der Waals surface area (Å²) in [6.07, 6.45) is 0. The van der Waals surface area contributed by atoms with E-state index in [1.807, 2.05) is 0 Å². The predicted octanol–water partition coefficient (Wildman–Crippen LogP) is 25.5. The Hall–Kier alpha value is -14.2. The van der Waals surface area contributed by atoms with E-state index in [4.69, 9.17) is 4.42 Å². The van der Waals surface area contributed by atoms with E-state index in [1.54, 1.807) is 0 Å². The molecule has 0 amide bonds. The van der Waals surface area contributed by atoms with Crippen molar-refractivity contribution in [3.63, 3.8) is 0 Å². The first-order valence-electron chi connectivity index (χ1n) is 37.2. The molecule has 22 rings (SSSR count). The molecule has 0 saturated carbocycles. The van der Waals surface area contributed by atoms with E-state index in [0.29, 0.717) is 0 Å².